The number of carbonyl (C=O) groups is 1. The largest absolute Gasteiger partial charge is 0.469 e. The van der Waals surface area contributed by atoms with Crippen LogP contribution >= 0.6 is 11.8 Å². The lowest BCUT2D eigenvalue weighted by molar-refractivity contribution is -0.150. The molecule has 3 nitrogen and oxygen atoms in total. The van der Waals surface area contributed by atoms with Gasteiger partial charge >= 0.3 is 5.97 Å². The van der Waals surface area contributed by atoms with E-state index in [1.807, 2.05) is 25.6 Å². The molecule has 1 N–H and O–H groups in total. The summed E-state index contributed by atoms with van der Waals surface area (Å²) < 4.78 is 4.73. The molecule has 0 unspecified atom stereocenters. The van der Waals surface area contributed by atoms with Gasteiger partial charge in [-0.15, -0.1) is 0 Å². The molecular weight excluding hydrogens is 210 g/mol. The van der Waals surface area contributed by atoms with Crippen LogP contribution in [0.25, 0.3) is 0 Å². The normalized spacial score (nSPS) is 11.5. The first-order chi connectivity index (χ1) is 7.04. The molecule has 0 radical (unpaired) electrons. The molecule has 0 saturated heterocycles. The summed E-state index contributed by atoms with van der Waals surface area (Å²) in [6.07, 6.45) is 1.15. The lowest BCUT2D eigenvalue weighted by Crippen LogP contribution is -2.37. The first-order valence-corrected chi connectivity index (χ1v) is 6.57. The number of methoxy groups -OCH3 is 1. The third-order valence-corrected chi connectivity index (χ3v) is 3.14. The number of ether oxygens (including phenoxy) is 1. The average molecular weight is 233 g/mol. The maximum absolute atomic E-state index is 11.3. The molecule has 0 fully saturated rings. The predicted octanol–water partition coefficient (Wildman–Crippen LogP) is 1.92. The molecule has 15 heavy (non-hydrogen) atoms. The van der Waals surface area contributed by atoms with Gasteiger partial charge in [0.2, 0.25) is 0 Å². The quantitative estimate of drug-likeness (QED) is 0.513. The lowest BCUT2D eigenvalue weighted by Gasteiger charge is -2.21. The molecule has 0 bridgehead atoms. The Hall–Kier alpha value is -0.220. The molecule has 0 heterocycles. The van der Waals surface area contributed by atoms with E-state index in [1.165, 1.54) is 18.6 Å². The molecule has 0 saturated carbocycles. The molecule has 90 valence electrons. The van der Waals surface area contributed by atoms with Gasteiger partial charge in [-0.2, -0.15) is 11.8 Å². The molecule has 0 aliphatic rings. The predicted molar refractivity (Wildman–Crippen MR) is 66.3 cm³/mol. The van der Waals surface area contributed by atoms with Gasteiger partial charge in [0, 0.05) is 6.54 Å². The second kappa shape index (κ2) is 7.99. The van der Waals surface area contributed by atoms with E-state index >= 15 is 0 Å². The van der Waals surface area contributed by atoms with Gasteiger partial charge in [0.15, 0.2) is 0 Å². The molecule has 0 aromatic rings. The fourth-order valence-corrected chi connectivity index (χ4v) is 1.83. The molecule has 0 aromatic heterocycles. The Morgan fingerprint density at radius 1 is 1.47 bits per heavy atom. The van der Waals surface area contributed by atoms with Crippen molar-refractivity contribution >= 4 is 17.7 Å². The van der Waals surface area contributed by atoms with Crippen molar-refractivity contribution in [3.63, 3.8) is 0 Å². The van der Waals surface area contributed by atoms with Crippen LogP contribution in [0, 0.1) is 5.41 Å². The highest BCUT2D eigenvalue weighted by Gasteiger charge is 2.27. The van der Waals surface area contributed by atoms with Crippen LogP contribution in [-0.4, -0.2) is 37.7 Å². The molecule has 0 aromatic carbocycles. The van der Waals surface area contributed by atoms with E-state index in [0.29, 0.717) is 6.54 Å². The van der Waals surface area contributed by atoms with Gasteiger partial charge in [0.25, 0.3) is 0 Å². The third-order valence-electron chi connectivity index (χ3n) is 2.15. The van der Waals surface area contributed by atoms with Crippen molar-refractivity contribution in [2.45, 2.75) is 27.2 Å². The van der Waals surface area contributed by atoms with Gasteiger partial charge in [-0.1, -0.05) is 6.92 Å². The van der Waals surface area contributed by atoms with Crippen molar-refractivity contribution in [1.29, 1.82) is 0 Å². The smallest absolute Gasteiger partial charge is 0.312 e. The van der Waals surface area contributed by atoms with E-state index in [0.717, 1.165) is 13.0 Å². The zero-order chi connectivity index (χ0) is 11.7. The van der Waals surface area contributed by atoms with Gasteiger partial charge in [-0.25, -0.2) is 0 Å². The molecular formula is C11H23NO2S. The second-order valence-electron chi connectivity index (χ2n) is 4.10. The number of esters is 1. The summed E-state index contributed by atoms with van der Waals surface area (Å²) in [4.78, 5) is 11.3. The van der Waals surface area contributed by atoms with Crippen molar-refractivity contribution in [3.8, 4) is 0 Å². The highest BCUT2D eigenvalue weighted by atomic mass is 32.2. The van der Waals surface area contributed by atoms with Crippen molar-refractivity contribution in [1.82, 2.24) is 5.32 Å². The monoisotopic (exact) mass is 233 g/mol. The van der Waals surface area contributed by atoms with E-state index in [-0.39, 0.29) is 5.97 Å². The van der Waals surface area contributed by atoms with E-state index in [2.05, 4.69) is 12.2 Å². The SMILES string of the molecule is CCSCCCNCC(C)(C)C(=O)OC. The summed E-state index contributed by atoms with van der Waals surface area (Å²) in [5, 5.41) is 3.29. The van der Waals surface area contributed by atoms with Gasteiger partial charge < -0.3 is 10.1 Å². The van der Waals surface area contributed by atoms with Crippen molar-refractivity contribution < 1.29 is 9.53 Å². The van der Waals surface area contributed by atoms with Crippen LogP contribution in [0.15, 0.2) is 0 Å². The Balaban J connectivity index is 3.53. The van der Waals surface area contributed by atoms with Gasteiger partial charge in [0.1, 0.15) is 0 Å². The molecule has 0 amide bonds. The maximum Gasteiger partial charge on any atom is 0.312 e. The third kappa shape index (κ3) is 6.79. The summed E-state index contributed by atoms with van der Waals surface area (Å²) in [6.45, 7) is 7.60. The van der Waals surface area contributed by atoms with Crippen LogP contribution in [0.1, 0.15) is 27.2 Å². The first kappa shape index (κ1) is 14.8. The first-order valence-electron chi connectivity index (χ1n) is 5.41. The van der Waals surface area contributed by atoms with Crippen LogP contribution in [0.2, 0.25) is 0 Å². The van der Waals surface area contributed by atoms with Crippen LogP contribution in [0.5, 0.6) is 0 Å². The zero-order valence-electron chi connectivity index (χ0n) is 10.3. The Labute approximate surface area is 97.3 Å². The molecule has 0 atom stereocenters. The van der Waals surface area contributed by atoms with E-state index < -0.39 is 5.41 Å². The average Bonchev–Trinajstić information content (AvgIpc) is 2.22. The lowest BCUT2D eigenvalue weighted by atomic mass is 9.94. The van der Waals surface area contributed by atoms with Crippen LogP contribution < -0.4 is 5.32 Å². The van der Waals surface area contributed by atoms with E-state index in [9.17, 15) is 4.79 Å². The van der Waals surface area contributed by atoms with Gasteiger partial charge in [0.05, 0.1) is 12.5 Å². The van der Waals surface area contributed by atoms with Gasteiger partial charge in [-0.05, 0) is 38.3 Å². The van der Waals surface area contributed by atoms with Gasteiger partial charge in [-0.3, -0.25) is 4.79 Å². The molecule has 0 spiro atoms. The number of carbonyl (C=O) groups excluding carboxylic acids is 1. The Kier molecular flexibility index (Phi) is 7.88. The topological polar surface area (TPSA) is 38.3 Å². The zero-order valence-corrected chi connectivity index (χ0v) is 11.1. The fraction of sp³-hybridized carbons (Fsp3) is 0.909. The summed E-state index contributed by atoms with van der Waals surface area (Å²) in [5.41, 5.74) is -0.424. The molecule has 0 aliphatic heterocycles. The standard InChI is InChI=1S/C11H23NO2S/c1-5-15-8-6-7-12-9-11(2,3)10(13)14-4/h12H,5-9H2,1-4H3. The number of rotatable bonds is 8. The van der Waals surface area contributed by atoms with E-state index in [1.54, 1.807) is 0 Å². The summed E-state index contributed by atoms with van der Waals surface area (Å²) in [7, 11) is 1.43. The fourth-order valence-electron chi connectivity index (χ4n) is 1.19. The highest BCUT2D eigenvalue weighted by Crippen LogP contribution is 2.15. The van der Waals surface area contributed by atoms with E-state index in [4.69, 9.17) is 4.74 Å². The van der Waals surface area contributed by atoms with Crippen LogP contribution in [-0.2, 0) is 9.53 Å². The summed E-state index contributed by atoms with van der Waals surface area (Å²) in [5.74, 6) is 2.20. The highest BCUT2D eigenvalue weighted by molar-refractivity contribution is 7.99. The number of thioether (sulfide) groups is 1. The Bertz CT molecular complexity index is 183. The van der Waals surface area contributed by atoms with Crippen LogP contribution in [0.3, 0.4) is 0 Å². The Morgan fingerprint density at radius 3 is 2.67 bits per heavy atom. The minimum Gasteiger partial charge on any atom is -0.469 e. The maximum atomic E-state index is 11.3. The number of hydrogen-bond donors (Lipinski definition) is 1. The molecule has 4 heteroatoms. The molecule has 0 aliphatic carbocycles. The minimum absolute atomic E-state index is 0.155. The summed E-state index contributed by atoms with van der Waals surface area (Å²) >= 11 is 1.95. The van der Waals surface area contributed by atoms with Crippen molar-refractivity contribution in [2.75, 3.05) is 31.7 Å². The number of hydrogen-bond acceptors (Lipinski definition) is 4. The molecule has 0 rings (SSSR count). The second-order valence-corrected chi connectivity index (χ2v) is 5.50. The van der Waals surface area contributed by atoms with Crippen molar-refractivity contribution in [3.05, 3.63) is 0 Å². The summed E-state index contributed by atoms with van der Waals surface area (Å²) in [6, 6.07) is 0. The Morgan fingerprint density at radius 2 is 2.13 bits per heavy atom. The van der Waals surface area contributed by atoms with Crippen LogP contribution in [0.4, 0.5) is 0 Å². The minimum atomic E-state index is -0.424. The van der Waals surface area contributed by atoms with Crippen molar-refractivity contribution in [2.24, 2.45) is 5.41 Å². The number of nitrogens with one attached hydrogen (secondary N) is 1.